The third-order valence-electron chi connectivity index (χ3n) is 1.65. The Hall–Kier alpha value is 0.930. The normalized spacial score (nSPS) is 11.8. The van der Waals surface area contributed by atoms with Crippen molar-refractivity contribution in [3.05, 3.63) is 0 Å². The Morgan fingerprint density at radius 1 is 1.40 bits per heavy atom. The standard InChI is InChI=1S/C8H16O.Ca.2H/c1-3-5-6-8(4-2)7-9;;;/h7-8H,3-6H2,1-2H3;;;. The average Bonchev–Trinajstić information content (AvgIpc) is 1.91. The summed E-state index contributed by atoms with van der Waals surface area (Å²) in [7, 11) is 0. The molecule has 1 nitrogen and oxygen atoms in total. The molecule has 0 aromatic heterocycles. The van der Waals surface area contributed by atoms with E-state index in [1.807, 2.05) is 0 Å². The van der Waals surface area contributed by atoms with E-state index in [1.165, 1.54) is 12.8 Å². The molecule has 1 atom stereocenters. The summed E-state index contributed by atoms with van der Waals surface area (Å²) >= 11 is 0. The maximum atomic E-state index is 10.2. The Balaban J connectivity index is 0. The summed E-state index contributed by atoms with van der Waals surface area (Å²) in [5.41, 5.74) is 0. The number of hydrogen-bond donors (Lipinski definition) is 0. The van der Waals surface area contributed by atoms with Gasteiger partial charge in [0.15, 0.2) is 0 Å². The van der Waals surface area contributed by atoms with E-state index in [9.17, 15) is 4.79 Å². The second kappa shape index (κ2) is 9.93. The maximum absolute atomic E-state index is 10.2. The molecule has 0 amide bonds. The van der Waals surface area contributed by atoms with Gasteiger partial charge in [-0.25, -0.2) is 0 Å². The fourth-order valence-corrected chi connectivity index (χ4v) is 0.835. The first-order valence-electron chi connectivity index (χ1n) is 3.80. The van der Waals surface area contributed by atoms with Gasteiger partial charge < -0.3 is 4.79 Å². The molecule has 0 aliphatic heterocycles. The summed E-state index contributed by atoms with van der Waals surface area (Å²) in [5.74, 6) is 0.324. The van der Waals surface area contributed by atoms with Crippen molar-refractivity contribution >= 4 is 44.0 Å². The molecule has 0 saturated heterocycles. The third kappa shape index (κ3) is 7.04. The van der Waals surface area contributed by atoms with Gasteiger partial charge in [0.2, 0.25) is 0 Å². The van der Waals surface area contributed by atoms with Crippen molar-refractivity contribution in [1.29, 1.82) is 0 Å². The van der Waals surface area contributed by atoms with Crippen molar-refractivity contribution in [2.75, 3.05) is 0 Å². The molecule has 58 valence electrons. The molecule has 0 N–H and O–H groups in total. The minimum absolute atomic E-state index is 0. The van der Waals surface area contributed by atoms with Gasteiger partial charge in [0.05, 0.1) is 0 Å². The molecule has 0 fully saturated rings. The van der Waals surface area contributed by atoms with E-state index in [0.717, 1.165) is 19.1 Å². The molecule has 1 unspecified atom stereocenters. The van der Waals surface area contributed by atoms with Gasteiger partial charge in [0, 0.05) is 5.92 Å². The molecule has 10 heavy (non-hydrogen) atoms. The summed E-state index contributed by atoms with van der Waals surface area (Å²) in [5, 5.41) is 0. The Morgan fingerprint density at radius 3 is 2.30 bits per heavy atom. The molecule has 0 bridgehead atoms. The summed E-state index contributed by atoms with van der Waals surface area (Å²) in [6, 6.07) is 0. The van der Waals surface area contributed by atoms with Crippen LogP contribution in [0.5, 0.6) is 0 Å². The van der Waals surface area contributed by atoms with Gasteiger partial charge in [-0.05, 0) is 12.8 Å². The van der Waals surface area contributed by atoms with Crippen LogP contribution in [0.1, 0.15) is 39.5 Å². The molecular weight excluding hydrogens is 152 g/mol. The zero-order valence-electron chi connectivity index (χ0n) is 6.39. The quantitative estimate of drug-likeness (QED) is 0.451. The third-order valence-corrected chi connectivity index (χ3v) is 1.65. The van der Waals surface area contributed by atoms with Gasteiger partial charge in [-0.3, -0.25) is 0 Å². The van der Waals surface area contributed by atoms with Crippen LogP contribution >= 0.6 is 0 Å². The van der Waals surface area contributed by atoms with Crippen LogP contribution in [0.3, 0.4) is 0 Å². The van der Waals surface area contributed by atoms with Crippen LogP contribution in [-0.4, -0.2) is 44.0 Å². The Morgan fingerprint density at radius 2 is 2.00 bits per heavy atom. The molecule has 0 aliphatic rings. The number of rotatable bonds is 5. The van der Waals surface area contributed by atoms with Gasteiger partial charge in [0.1, 0.15) is 6.29 Å². The molecule has 0 radical (unpaired) electrons. The van der Waals surface area contributed by atoms with Gasteiger partial charge >= 0.3 is 37.7 Å². The second-order valence-corrected chi connectivity index (χ2v) is 2.45. The number of carbonyl (C=O) groups excluding carboxylic acids is 1. The van der Waals surface area contributed by atoms with Crippen LogP contribution in [-0.2, 0) is 4.79 Å². The fourth-order valence-electron chi connectivity index (χ4n) is 0.835. The van der Waals surface area contributed by atoms with Crippen molar-refractivity contribution in [3.8, 4) is 0 Å². The molecule has 2 heteroatoms. The summed E-state index contributed by atoms with van der Waals surface area (Å²) in [4.78, 5) is 10.2. The van der Waals surface area contributed by atoms with Gasteiger partial charge in [-0.1, -0.05) is 26.7 Å². The monoisotopic (exact) mass is 170 g/mol. The van der Waals surface area contributed by atoms with E-state index in [1.54, 1.807) is 0 Å². The first kappa shape index (κ1) is 13.5. The number of unbranched alkanes of at least 4 members (excludes halogenated alkanes) is 1. The van der Waals surface area contributed by atoms with Crippen LogP contribution in [0.4, 0.5) is 0 Å². The first-order chi connectivity index (χ1) is 4.35. The van der Waals surface area contributed by atoms with E-state index in [-0.39, 0.29) is 37.7 Å². The molecule has 0 aromatic rings. The predicted octanol–water partition coefficient (Wildman–Crippen LogP) is 1.49. The van der Waals surface area contributed by atoms with Gasteiger partial charge in [-0.15, -0.1) is 0 Å². The number of aldehydes is 1. The van der Waals surface area contributed by atoms with Gasteiger partial charge in [-0.2, -0.15) is 0 Å². The van der Waals surface area contributed by atoms with Crippen LogP contribution in [0, 0.1) is 5.92 Å². The Labute approximate surface area is 93.6 Å². The molecule has 0 spiro atoms. The van der Waals surface area contributed by atoms with Crippen molar-refractivity contribution in [3.63, 3.8) is 0 Å². The van der Waals surface area contributed by atoms with Gasteiger partial charge in [0.25, 0.3) is 0 Å². The topological polar surface area (TPSA) is 17.1 Å². The minimum atomic E-state index is 0. The van der Waals surface area contributed by atoms with Crippen molar-refractivity contribution in [1.82, 2.24) is 0 Å². The molecule has 0 aliphatic carbocycles. The molecule has 0 heterocycles. The van der Waals surface area contributed by atoms with E-state index in [2.05, 4.69) is 13.8 Å². The Kier molecular flexibility index (Phi) is 13.4. The summed E-state index contributed by atoms with van der Waals surface area (Å²) in [6.07, 6.45) is 5.55. The van der Waals surface area contributed by atoms with Crippen LogP contribution < -0.4 is 0 Å². The Bertz CT molecular complexity index is 73.7. The average molecular weight is 170 g/mol. The van der Waals surface area contributed by atoms with E-state index in [4.69, 9.17) is 0 Å². The van der Waals surface area contributed by atoms with Crippen molar-refractivity contribution in [2.45, 2.75) is 39.5 Å². The van der Waals surface area contributed by atoms with E-state index >= 15 is 0 Å². The molecular formula is C8H18CaO. The number of carbonyl (C=O) groups is 1. The summed E-state index contributed by atoms with van der Waals surface area (Å²) in [6.45, 7) is 4.21. The zero-order valence-corrected chi connectivity index (χ0v) is 6.39. The molecule has 0 saturated carbocycles. The molecule has 0 rings (SSSR count). The van der Waals surface area contributed by atoms with Crippen molar-refractivity contribution in [2.24, 2.45) is 5.92 Å². The van der Waals surface area contributed by atoms with Crippen molar-refractivity contribution < 1.29 is 4.79 Å². The first-order valence-corrected chi connectivity index (χ1v) is 3.80. The fraction of sp³-hybridized carbons (Fsp3) is 0.875. The molecule has 0 aromatic carbocycles. The zero-order chi connectivity index (χ0) is 7.11. The van der Waals surface area contributed by atoms with E-state index < -0.39 is 0 Å². The SMILES string of the molecule is CCCCC(C=O)CC.[CaH2]. The number of hydrogen-bond acceptors (Lipinski definition) is 1. The van der Waals surface area contributed by atoms with Crippen LogP contribution in [0.15, 0.2) is 0 Å². The second-order valence-electron chi connectivity index (χ2n) is 2.45. The van der Waals surface area contributed by atoms with E-state index in [0.29, 0.717) is 5.92 Å². The summed E-state index contributed by atoms with van der Waals surface area (Å²) < 4.78 is 0. The predicted molar refractivity (Wildman–Crippen MR) is 47.9 cm³/mol. The van der Waals surface area contributed by atoms with Crippen LogP contribution in [0.2, 0.25) is 0 Å². The van der Waals surface area contributed by atoms with Crippen LogP contribution in [0.25, 0.3) is 0 Å².